The van der Waals surface area contributed by atoms with Crippen molar-refractivity contribution in [1.82, 2.24) is 4.90 Å². The van der Waals surface area contributed by atoms with E-state index in [0.717, 1.165) is 32.4 Å². The van der Waals surface area contributed by atoms with Crippen LogP contribution in [0, 0.1) is 17.3 Å². The molecular formula is C17H31ClN2O3. The molecule has 23 heavy (non-hydrogen) atoms. The van der Waals surface area contributed by atoms with Crippen LogP contribution in [0.2, 0.25) is 0 Å². The Morgan fingerprint density at radius 1 is 1.35 bits per heavy atom. The molecule has 5 atom stereocenters. The van der Waals surface area contributed by atoms with Crippen molar-refractivity contribution in [2.75, 3.05) is 26.8 Å². The third-order valence-electron chi connectivity index (χ3n) is 6.52. The minimum atomic E-state index is -0.795. The summed E-state index contributed by atoms with van der Waals surface area (Å²) >= 11 is 0. The minimum absolute atomic E-state index is 0. The van der Waals surface area contributed by atoms with E-state index in [1.165, 1.54) is 0 Å². The maximum Gasteiger partial charge on any atom is 0.243 e. The topological polar surface area (TPSA) is 64.8 Å². The van der Waals surface area contributed by atoms with Gasteiger partial charge in [0.05, 0.1) is 12.2 Å². The van der Waals surface area contributed by atoms with E-state index in [4.69, 9.17) is 15.2 Å². The number of nitrogens with zero attached hydrogens (tertiary/aromatic N) is 1. The molecule has 2 N–H and O–H groups in total. The van der Waals surface area contributed by atoms with Gasteiger partial charge in [-0.2, -0.15) is 0 Å². The molecule has 2 saturated heterocycles. The van der Waals surface area contributed by atoms with E-state index in [1.807, 2.05) is 4.90 Å². The van der Waals surface area contributed by atoms with E-state index in [9.17, 15) is 4.79 Å². The molecule has 6 heteroatoms. The highest BCUT2D eigenvalue weighted by molar-refractivity contribution is 5.89. The number of fused-ring (bicyclic) bond motifs is 1. The molecular weight excluding hydrogens is 316 g/mol. The first-order chi connectivity index (χ1) is 10.3. The van der Waals surface area contributed by atoms with E-state index in [2.05, 4.69) is 20.8 Å². The van der Waals surface area contributed by atoms with Gasteiger partial charge in [0.1, 0.15) is 5.54 Å². The number of rotatable bonds is 2. The van der Waals surface area contributed by atoms with Gasteiger partial charge in [-0.05, 0) is 25.2 Å². The van der Waals surface area contributed by atoms with E-state index in [1.54, 1.807) is 7.11 Å². The van der Waals surface area contributed by atoms with Crippen LogP contribution in [0.5, 0.6) is 0 Å². The Morgan fingerprint density at radius 2 is 2.04 bits per heavy atom. The summed E-state index contributed by atoms with van der Waals surface area (Å²) < 4.78 is 11.5. The van der Waals surface area contributed by atoms with Crippen molar-refractivity contribution in [3.05, 3.63) is 0 Å². The number of piperidine rings is 1. The van der Waals surface area contributed by atoms with Crippen LogP contribution in [0.3, 0.4) is 0 Å². The van der Waals surface area contributed by atoms with Crippen molar-refractivity contribution in [3.8, 4) is 0 Å². The lowest BCUT2D eigenvalue weighted by Gasteiger charge is -2.66. The smallest absolute Gasteiger partial charge is 0.243 e. The number of carbonyl (C=O) groups excluding carboxylic acids is 1. The van der Waals surface area contributed by atoms with E-state index in [-0.39, 0.29) is 41.9 Å². The highest BCUT2D eigenvalue weighted by Crippen LogP contribution is 2.58. The number of hydrogen-bond acceptors (Lipinski definition) is 4. The van der Waals surface area contributed by atoms with Gasteiger partial charge >= 0.3 is 0 Å². The van der Waals surface area contributed by atoms with Crippen molar-refractivity contribution in [2.24, 2.45) is 23.0 Å². The number of amides is 1. The maximum atomic E-state index is 13.2. The lowest BCUT2D eigenvalue weighted by molar-refractivity contribution is -0.231. The van der Waals surface area contributed by atoms with Gasteiger partial charge in [-0.1, -0.05) is 20.8 Å². The Bertz CT molecular complexity index is 459. The van der Waals surface area contributed by atoms with Crippen LogP contribution < -0.4 is 5.73 Å². The molecule has 2 heterocycles. The molecule has 3 rings (SSSR count). The summed E-state index contributed by atoms with van der Waals surface area (Å²) in [6.07, 6.45) is 3.21. The fraction of sp³-hybridized carbons (Fsp3) is 0.941. The lowest BCUT2D eigenvalue weighted by atomic mass is 9.46. The molecule has 2 aliphatic heterocycles. The van der Waals surface area contributed by atoms with Gasteiger partial charge in [0, 0.05) is 38.1 Å². The van der Waals surface area contributed by atoms with Gasteiger partial charge in [0.15, 0.2) is 0 Å². The van der Waals surface area contributed by atoms with Crippen molar-refractivity contribution in [2.45, 2.75) is 57.8 Å². The third kappa shape index (κ3) is 2.60. The second-order valence-electron chi connectivity index (χ2n) is 7.92. The van der Waals surface area contributed by atoms with Gasteiger partial charge in [-0.3, -0.25) is 4.79 Å². The summed E-state index contributed by atoms with van der Waals surface area (Å²) in [7, 11) is 1.73. The molecule has 3 fully saturated rings. The van der Waals surface area contributed by atoms with Crippen molar-refractivity contribution in [1.29, 1.82) is 0 Å². The standard InChI is InChI=1S/C17H30N2O3.ClH/c1-11-7-8-19(10-13(11)21-4)15(20)17(18)12-6-5-9-22-14(12)16(17,2)3;/h11-14H,5-10,18H2,1-4H3;1H. The molecule has 5 nitrogen and oxygen atoms in total. The zero-order chi connectivity index (χ0) is 16.1. The number of hydrogen-bond donors (Lipinski definition) is 1. The SMILES string of the molecule is COC1CN(C(=O)C2(N)C3CCCOC3C2(C)C)CCC1C.Cl. The fourth-order valence-electron chi connectivity index (χ4n) is 4.80. The minimum Gasteiger partial charge on any atom is -0.379 e. The summed E-state index contributed by atoms with van der Waals surface area (Å²) in [5.74, 6) is 0.741. The van der Waals surface area contributed by atoms with Crippen LogP contribution in [0.15, 0.2) is 0 Å². The fourth-order valence-corrected chi connectivity index (χ4v) is 4.80. The van der Waals surface area contributed by atoms with Gasteiger partial charge < -0.3 is 20.1 Å². The highest BCUT2D eigenvalue weighted by atomic mass is 35.5. The van der Waals surface area contributed by atoms with Crippen LogP contribution in [0.4, 0.5) is 0 Å². The molecule has 1 saturated carbocycles. The number of carbonyl (C=O) groups is 1. The molecule has 0 aromatic carbocycles. The van der Waals surface area contributed by atoms with Crippen LogP contribution in [-0.4, -0.2) is 55.4 Å². The maximum absolute atomic E-state index is 13.2. The first kappa shape index (κ1) is 19.0. The van der Waals surface area contributed by atoms with Crippen molar-refractivity contribution in [3.63, 3.8) is 0 Å². The van der Waals surface area contributed by atoms with Crippen LogP contribution >= 0.6 is 12.4 Å². The van der Waals surface area contributed by atoms with Gasteiger partial charge in [0.2, 0.25) is 5.91 Å². The van der Waals surface area contributed by atoms with Crippen LogP contribution in [0.25, 0.3) is 0 Å². The molecule has 0 aromatic heterocycles. The molecule has 0 radical (unpaired) electrons. The average Bonchev–Trinajstić information content (AvgIpc) is 2.53. The predicted molar refractivity (Wildman–Crippen MR) is 91.6 cm³/mol. The molecule has 5 unspecified atom stereocenters. The average molecular weight is 347 g/mol. The predicted octanol–water partition coefficient (Wildman–Crippen LogP) is 1.82. The normalized spacial score (nSPS) is 42.2. The molecule has 1 amide bonds. The van der Waals surface area contributed by atoms with E-state index in [0.29, 0.717) is 12.5 Å². The Hall–Kier alpha value is -0.360. The lowest BCUT2D eigenvalue weighted by Crippen LogP contribution is -2.82. The Labute approximate surface area is 145 Å². The third-order valence-corrected chi connectivity index (χ3v) is 6.52. The van der Waals surface area contributed by atoms with Crippen LogP contribution in [0.1, 0.15) is 40.0 Å². The summed E-state index contributed by atoms with van der Waals surface area (Å²) in [6, 6.07) is 0. The number of halogens is 1. The number of ether oxygens (including phenoxy) is 2. The monoisotopic (exact) mass is 346 g/mol. The first-order valence-electron chi connectivity index (χ1n) is 8.56. The second kappa shape index (κ2) is 6.51. The molecule has 0 aromatic rings. The summed E-state index contributed by atoms with van der Waals surface area (Å²) in [6.45, 7) is 8.58. The first-order valence-corrected chi connectivity index (χ1v) is 8.56. The quantitative estimate of drug-likeness (QED) is 0.828. The van der Waals surface area contributed by atoms with Crippen molar-refractivity contribution >= 4 is 18.3 Å². The Balaban J connectivity index is 0.00000192. The summed E-state index contributed by atoms with van der Waals surface area (Å²) in [5.41, 5.74) is 5.62. The van der Waals surface area contributed by atoms with E-state index < -0.39 is 5.54 Å². The summed E-state index contributed by atoms with van der Waals surface area (Å²) in [5, 5.41) is 0. The number of likely N-dealkylation sites (tertiary alicyclic amines) is 1. The second-order valence-corrected chi connectivity index (χ2v) is 7.92. The zero-order valence-electron chi connectivity index (χ0n) is 14.7. The molecule has 0 spiro atoms. The number of nitrogens with two attached hydrogens (primary N) is 1. The number of methoxy groups -OCH3 is 1. The van der Waals surface area contributed by atoms with Crippen molar-refractivity contribution < 1.29 is 14.3 Å². The zero-order valence-corrected chi connectivity index (χ0v) is 15.5. The molecule has 0 bridgehead atoms. The molecule has 3 aliphatic rings. The summed E-state index contributed by atoms with van der Waals surface area (Å²) in [4.78, 5) is 15.2. The molecule has 134 valence electrons. The van der Waals surface area contributed by atoms with Gasteiger partial charge in [-0.25, -0.2) is 0 Å². The van der Waals surface area contributed by atoms with Gasteiger partial charge in [0.25, 0.3) is 0 Å². The van der Waals surface area contributed by atoms with Gasteiger partial charge in [-0.15, -0.1) is 12.4 Å². The largest absolute Gasteiger partial charge is 0.379 e. The van der Waals surface area contributed by atoms with E-state index >= 15 is 0 Å². The van der Waals surface area contributed by atoms with Crippen LogP contribution in [-0.2, 0) is 14.3 Å². The molecule has 1 aliphatic carbocycles. The highest BCUT2D eigenvalue weighted by Gasteiger charge is 2.71. The Morgan fingerprint density at radius 3 is 2.70 bits per heavy atom. The Kier molecular flexibility index (Phi) is 5.37.